The van der Waals surface area contributed by atoms with E-state index in [4.69, 9.17) is 4.98 Å². The first-order valence-corrected chi connectivity index (χ1v) is 12.2. The maximum Gasteiger partial charge on any atom is 0.331 e. The number of benzene rings is 2. The summed E-state index contributed by atoms with van der Waals surface area (Å²) in [6.07, 6.45) is 1.89. The Bertz CT molecular complexity index is 1370. The number of aromatic nitrogens is 1. The van der Waals surface area contributed by atoms with E-state index in [9.17, 15) is 14.4 Å². The van der Waals surface area contributed by atoms with E-state index in [1.807, 2.05) is 49.4 Å². The number of carbonyl (C=O) groups excluding carboxylic acids is 3. The van der Waals surface area contributed by atoms with Crippen LogP contribution < -0.4 is 10.2 Å². The number of anilines is 1. The molecule has 3 atom stereocenters. The molecule has 2 saturated heterocycles. The highest BCUT2D eigenvalue weighted by Gasteiger charge is 2.62. The molecular formula is C28H28N4O3. The van der Waals surface area contributed by atoms with E-state index in [0.29, 0.717) is 12.3 Å². The van der Waals surface area contributed by atoms with Gasteiger partial charge in [0.2, 0.25) is 11.8 Å². The number of barbiturate groups is 1. The molecule has 1 spiro atoms. The molecule has 4 heterocycles. The third kappa shape index (κ3) is 3.32. The molecule has 2 aromatic carbocycles. The van der Waals surface area contributed by atoms with Crippen LogP contribution >= 0.6 is 0 Å². The van der Waals surface area contributed by atoms with Crippen molar-refractivity contribution in [3.63, 3.8) is 0 Å². The molecule has 4 amide bonds. The zero-order valence-electron chi connectivity index (χ0n) is 20.0. The van der Waals surface area contributed by atoms with Crippen LogP contribution in [0.3, 0.4) is 0 Å². The van der Waals surface area contributed by atoms with Crippen molar-refractivity contribution in [2.24, 2.45) is 11.3 Å². The zero-order chi connectivity index (χ0) is 24.3. The molecule has 1 aromatic heterocycles. The molecule has 6 rings (SSSR count). The number of hydrogen-bond acceptors (Lipinski definition) is 5. The minimum atomic E-state index is -1.37. The second-order valence-electron chi connectivity index (χ2n) is 10.3. The lowest BCUT2D eigenvalue weighted by molar-refractivity contribution is -0.154. The lowest BCUT2D eigenvalue weighted by atomic mass is 9.65. The summed E-state index contributed by atoms with van der Waals surface area (Å²) in [5, 5.41) is 3.54. The summed E-state index contributed by atoms with van der Waals surface area (Å²) in [5.41, 5.74) is 2.38. The molecule has 3 aromatic rings. The highest BCUT2D eigenvalue weighted by Crippen LogP contribution is 2.48. The summed E-state index contributed by atoms with van der Waals surface area (Å²) >= 11 is 0. The molecule has 7 heteroatoms. The van der Waals surface area contributed by atoms with E-state index in [0.717, 1.165) is 46.4 Å². The molecule has 3 aliphatic rings. The summed E-state index contributed by atoms with van der Waals surface area (Å²) in [4.78, 5) is 49.1. The average Bonchev–Trinajstić information content (AvgIpc) is 2.84. The summed E-state index contributed by atoms with van der Waals surface area (Å²) in [7, 11) is 0. The van der Waals surface area contributed by atoms with Gasteiger partial charge < -0.3 is 4.90 Å². The Kier molecular flexibility index (Phi) is 4.91. The summed E-state index contributed by atoms with van der Waals surface area (Å²) in [5.74, 6) is 0.319. The maximum absolute atomic E-state index is 14.2. The van der Waals surface area contributed by atoms with Crippen LogP contribution in [-0.2, 0) is 22.6 Å². The maximum atomic E-state index is 14.2. The van der Waals surface area contributed by atoms with Gasteiger partial charge in [0.1, 0.15) is 5.82 Å². The summed E-state index contributed by atoms with van der Waals surface area (Å²) in [6, 6.07) is 16.6. The minimum absolute atomic E-state index is 0.130. The second kappa shape index (κ2) is 7.90. The molecule has 0 saturated carbocycles. The van der Waals surface area contributed by atoms with Crippen molar-refractivity contribution in [1.82, 2.24) is 15.2 Å². The lowest BCUT2D eigenvalue weighted by Gasteiger charge is -2.54. The molecule has 7 nitrogen and oxygen atoms in total. The molecule has 2 fully saturated rings. The predicted molar refractivity (Wildman–Crippen MR) is 133 cm³/mol. The van der Waals surface area contributed by atoms with Crippen molar-refractivity contribution in [2.45, 2.75) is 45.7 Å². The number of fused-ring (bicyclic) bond motifs is 5. The van der Waals surface area contributed by atoms with Crippen LogP contribution in [0.25, 0.3) is 10.9 Å². The Morgan fingerprint density at radius 2 is 1.89 bits per heavy atom. The van der Waals surface area contributed by atoms with Gasteiger partial charge in [0.15, 0.2) is 5.41 Å². The van der Waals surface area contributed by atoms with Crippen molar-refractivity contribution < 1.29 is 14.4 Å². The number of urea groups is 1. The van der Waals surface area contributed by atoms with Gasteiger partial charge in [-0.3, -0.25) is 19.8 Å². The lowest BCUT2D eigenvalue weighted by Crippen LogP contribution is -2.72. The van der Waals surface area contributed by atoms with Gasteiger partial charge in [0.05, 0.1) is 18.1 Å². The van der Waals surface area contributed by atoms with Crippen LogP contribution in [0.5, 0.6) is 0 Å². The molecule has 0 radical (unpaired) electrons. The fraction of sp³-hybridized carbons (Fsp3) is 0.357. The van der Waals surface area contributed by atoms with Crippen LogP contribution in [0, 0.1) is 18.3 Å². The van der Waals surface area contributed by atoms with Crippen molar-refractivity contribution in [3.05, 3.63) is 71.3 Å². The standard InChI is InChI=1S/C28H28N4O3/c1-17-8-9-22-20(12-17)14-21-15-28(23-13-18(2)10-11-31(23)24(21)29-22)25(33)30-27(35)32(26(28)34)16-19-6-4-3-5-7-19/h3-9,12,14,18,23H,10-11,13,15-16H2,1-2H3,(H,30,33,35). The summed E-state index contributed by atoms with van der Waals surface area (Å²) in [6.45, 7) is 5.05. The van der Waals surface area contributed by atoms with Gasteiger partial charge in [-0.1, -0.05) is 48.9 Å². The number of hydrogen-bond donors (Lipinski definition) is 1. The third-order valence-electron chi connectivity index (χ3n) is 7.88. The van der Waals surface area contributed by atoms with E-state index in [1.54, 1.807) is 0 Å². The fourth-order valence-electron chi connectivity index (χ4n) is 6.05. The highest BCUT2D eigenvalue weighted by molar-refractivity contribution is 6.20. The van der Waals surface area contributed by atoms with Crippen LogP contribution in [-0.4, -0.2) is 40.3 Å². The van der Waals surface area contributed by atoms with Gasteiger partial charge in [-0.2, -0.15) is 0 Å². The van der Waals surface area contributed by atoms with E-state index in [1.165, 1.54) is 4.90 Å². The average molecular weight is 469 g/mol. The first kappa shape index (κ1) is 21.8. The van der Waals surface area contributed by atoms with Crippen LogP contribution in [0.4, 0.5) is 10.6 Å². The van der Waals surface area contributed by atoms with Crippen molar-refractivity contribution in [1.29, 1.82) is 0 Å². The molecule has 0 bridgehead atoms. The zero-order valence-corrected chi connectivity index (χ0v) is 20.0. The number of carbonyl (C=O) groups is 3. The normalized spacial score (nSPS) is 26.1. The second-order valence-corrected chi connectivity index (χ2v) is 10.3. The number of aryl methyl sites for hydroxylation is 1. The van der Waals surface area contributed by atoms with Gasteiger partial charge in [0, 0.05) is 18.4 Å². The molecule has 3 unspecified atom stereocenters. The minimum Gasteiger partial charge on any atom is -0.352 e. The molecule has 3 aliphatic heterocycles. The number of nitrogens with one attached hydrogen (secondary N) is 1. The molecule has 178 valence electrons. The number of rotatable bonds is 2. The third-order valence-corrected chi connectivity index (χ3v) is 7.88. The topological polar surface area (TPSA) is 82.6 Å². The number of pyridine rings is 1. The van der Waals surface area contributed by atoms with Gasteiger partial charge in [-0.05, 0) is 55.0 Å². The largest absolute Gasteiger partial charge is 0.352 e. The Hall–Kier alpha value is -3.74. The quantitative estimate of drug-likeness (QED) is 0.576. The van der Waals surface area contributed by atoms with Gasteiger partial charge in [-0.15, -0.1) is 0 Å². The monoisotopic (exact) mass is 468 g/mol. The van der Waals surface area contributed by atoms with E-state index in [2.05, 4.69) is 29.3 Å². The smallest absolute Gasteiger partial charge is 0.331 e. The Morgan fingerprint density at radius 3 is 2.69 bits per heavy atom. The van der Waals surface area contributed by atoms with Crippen molar-refractivity contribution >= 4 is 34.6 Å². The number of nitrogens with zero attached hydrogens (tertiary/aromatic N) is 3. The fourth-order valence-corrected chi connectivity index (χ4v) is 6.05. The van der Waals surface area contributed by atoms with Gasteiger partial charge in [-0.25, -0.2) is 9.78 Å². The SMILES string of the molecule is Cc1ccc2nc3c(cc2c1)CC1(C(=O)NC(=O)N(Cc2ccccc2)C1=O)C1CC(C)CCN31. The van der Waals surface area contributed by atoms with E-state index < -0.39 is 23.3 Å². The van der Waals surface area contributed by atoms with Crippen molar-refractivity contribution in [3.8, 4) is 0 Å². The molecular weight excluding hydrogens is 440 g/mol. The molecule has 0 aliphatic carbocycles. The number of imide groups is 2. The Labute approximate surface area is 204 Å². The first-order chi connectivity index (χ1) is 16.9. The number of piperidine rings is 1. The highest BCUT2D eigenvalue weighted by atomic mass is 16.2. The molecule has 1 N–H and O–H groups in total. The number of amides is 4. The van der Waals surface area contributed by atoms with Gasteiger partial charge in [0.25, 0.3) is 0 Å². The van der Waals surface area contributed by atoms with Gasteiger partial charge >= 0.3 is 6.03 Å². The van der Waals surface area contributed by atoms with E-state index in [-0.39, 0.29) is 19.0 Å². The van der Waals surface area contributed by atoms with Crippen LogP contribution in [0.15, 0.2) is 54.6 Å². The predicted octanol–water partition coefficient (Wildman–Crippen LogP) is 3.97. The van der Waals surface area contributed by atoms with E-state index >= 15 is 0 Å². The van der Waals surface area contributed by atoms with Crippen LogP contribution in [0.2, 0.25) is 0 Å². The first-order valence-electron chi connectivity index (χ1n) is 12.2. The van der Waals surface area contributed by atoms with Crippen molar-refractivity contribution in [2.75, 3.05) is 11.4 Å². The Morgan fingerprint density at radius 1 is 1.09 bits per heavy atom. The molecule has 35 heavy (non-hydrogen) atoms. The Balaban J connectivity index is 1.49. The summed E-state index contributed by atoms with van der Waals surface area (Å²) < 4.78 is 0. The van der Waals surface area contributed by atoms with Crippen LogP contribution in [0.1, 0.15) is 36.5 Å².